The standard InChI is InChI=1S/C14H24N4O/c1-10(2)11(3)18-14(15-4)17-9-12-6-7-13(19-5)16-8-12/h6-8,10-11H,9H2,1-5H3,(H2,15,17,18). The van der Waals surface area contributed by atoms with Crippen molar-refractivity contribution in [3.05, 3.63) is 23.9 Å². The molecule has 0 fully saturated rings. The zero-order valence-electron chi connectivity index (χ0n) is 12.4. The number of rotatable bonds is 5. The van der Waals surface area contributed by atoms with Crippen LogP contribution in [0.1, 0.15) is 26.3 Å². The minimum Gasteiger partial charge on any atom is -0.481 e. The van der Waals surface area contributed by atoms with E-state index in [0.29, 0.717) is 24.4 Å². The smallest absolute Gasteiger partial charge is 0.212 e. The summed E-state index contributed by atoms with van der Waals surface area (Å²) in [4.78, 5) is 8.38. The quantitative estimate of drug-likeness (QED) is 0.629. The van der Waals surface area contributed by atoms with Crippen LogP contribution in [0, 0.1) is 5.92 Å². The molecular formula is C14H24N4O. The molecule has 0 aromatic carbocycles. The third-order valence-corrected chi connectivity index (χ3v) is 3.05. The number of aliphatic imine (C=N–C) groups is 1. The van der Waals surface area contributed by atoms with Crippen molar-refractivity contribution in [1.29, 1.82) is 0 Å². The Morgan fingerprint density at radius 2 is 2.11 bits per heavy atom. The van der Waals surface area contributed by atoms with E-state index in [-0.39, 0.29) is 0 Å². The van der Waals surface area contributed by atoms with Gasteiger partial charge in [0.2, 0.25) is 5.88 Å². The van der Waals surface area contributed by atoms with E-state index in [9.17, 15) is 0 Å². The van der Waals surface area contributed by atoms with Crippen molar-refractivity contribution in [2.45, 2.75) is 33.4 Å². The molecule has 0 aliphatic rings. The lowest BCUT2D eigenvalue weighted by molar-refractivity contribution is 0.397. The van der Waals surface area contributed by atoms with Gasteiger partial charge in [-0.2, -0.15) is 0 Å². The maximum atomic E-state index is 5.03. The number of nitrogens with one attached hydrogen (secondary N) is 2. The van der Waals surface area contributed by atoms with E-state index in [1.54, 1.807) is 20.4 Å². The Balaban J connectivity index is 2.49. The highest BCUT2D eigenvalue weighted by molar-refractivity contribution is 5.79. The first-order valence-electron chi connectivity index (χ1n) is 6.53. The second-order valence-electron chi connectivity index (χ2n) is 4.81. The van der Waals surface area contributed by atoms with Crippen molar-refractivity contribution in [3.8, 4) is 5.88 Å². The van der Waals surface area contributed by atoms with Crippen molar-refractivity contribution >= 4 is 5.96 Å². The number of nitrogens with zero attached hydrogens (tertiary/aromatic N) is 2. The van der Waals surface area contributed by atoms with Crippen molar-refractivity contribution in [2.24, 2.45) is 10.9 Å². The van der Waals surface area contributed by atoms with Gasteiger partial charge >= 0.3 is 0 Å². The van der Waals surface area contributed by atoms with E-state index >= 15 is 0 Å². The van der Waals surface area contributed by atoms with Crippen LogP contribution in [0.25, 0.3) is 0 Å². The molecule has 0 radical (unpaired) electrons. The summed E-state index contributed by atoms with van der Waals surface area (Å²) in [5.74, 6) is 1.98. The molecule has 2 N–H and O–H groups in total. The Morgan fingerprint density at radius 1 is 1.37 bits per heavy atom. The Labute approximate surface area is 115 Å². The Kier molecular flexibility index (Phi) is 6.12. The van der Waals surface area contributed by atoms with Gasteiger partial charge in [0, 0.05) is 31.9 Å². The van der Waals surface area contributed by atoms with Gasteiger partial charge in [-0.1, -0.05) is 19.9 Å². The maximum absolute atomic E-state index is 5.03. The lowest BCUT2D eigenvalue weighted by atomic mass is 10.1. The summed E-state index contributed by atoms with van der Waals surface area (Å²) in [5.41, 5.74) is 1.08. The summed E-state index contributed by atoms with van der Waals surface area (Å²) in [5, 5.41) is 6.62. The Hall–Kier alpha value is -1.78. The lowest BCUT2D eigenvalue weighted by Crippen LogP contribution is -2.43. The average molecular weight is 264 g/mol. The molecule has 0 spiro atoms. The van der Waals surface area contributed by atoms with Gasteiger partial charge in [-0.15, -0.1) is 0 Å². The van der Waals surface area contributed by atoms with Crippen molar-refractivity contribution in [2.75, 3.05) is 14.2 Å². The van der Waals surface area contributed by atoms with E-state index in [0.717, 1.165) is 11.5 Å². The van der Waals surface area contributed by atoms with Gasteiger partial charge < -0.3 is 15.4 Å². The molecule has 19 heavy (non-hydrogen) atoms. The highest BCUT2D eigenvalue weighted by Crippen LogP contribution is 2.06. The van der Waals surface area contributed by atoms with Crippen LogP contribution in [-0.4, -0.2) is 31.1 Å². The van der Waals surface area contributed by atoms with Gasteiger partial charge in [0.25, 0.3) is 0 Å². The summed E-state index contributed by atoms with van der Waals surface area (Å²) in [6.07, 6.45) is 1.80. The molecular weight excluding hydrogens is 240 g/mol. The van der Waals surface area contributed by atoms with E-state index < -0.39 is 0 Å². The third-order valence-electron chi connectivity index (χ3n) is 3.05. The van der Waals surface area contributed by atoms with Crippen molar-refractivity contribution in [3.63, 3.8) is 0 Å². The number of hydrogen-bond acceptors (Lipinski definition) is 3. The van der Waals surface area contributed by atoms with Crippen LogP contribution < -0.4 is 15.4 Å². The van der Waals surface area contributed by atoms with E-state index in [1.807, 2.05) is 12.1 Å². The molecule has 106 valence electrons. The fraction of sp³-hybridized carbons (Fsp3) is 0.571. The largest absolute Gasteiger partial charge is 0.481 e. The first kappa shape index (κ1) is 15.3. The lowest BCUT2D eigenvalue weighted by Gasteiger charge is -2.20. The molecule has 0 amide bonds. The number of pyridine rings is 1. The minimum atomic E-state index is 0.375. The molecule has 0 aliphatic heterocycles. The first-order valence-corrected chi connectivity index (χ1v) is 6.53. The Bertz CT molecular complexity index is 400. The van der Waals surface area contributed by atoms with Crippen LogP contribution in [-0.2, 0) is 6.54 Å². The number of methoxy groups -OCH3 is 1. The van der Waals surface area contributed by atoms with Gasteiger partial charge in [-0.25, -0.2) is 4.98 Å². The average Bonchev–Trinajstić information content (AvgIpc) is 2.43. The molecule has 0 aliphatic carbocycles. The third kappa shape index (κ3) is 5.16. The van der Waals surface area contributed by atoms with E-state index in [2.05, 4.69) is 41.4 Å². The molecule has 0 saturated carbocycles. The SMILES string of the molecule is CN=C(NCc1ccc(OC)nc1)NC(C)C(C)C. The number of aromatic nitrogens is 1. The van der Waals surface area contributed by atoms with Crippen molar-refractivity contribution < 1.29 is 4.74 Å². The molecule has 1 heterocycles. The molecule has 1 aromatic heterocycles. The van der Waals surface area contributed by atoms with Gasteiger partial charge in [-0.05, 0) is 18.4 Å². The molecule has 1 aromatic rings. The molecule has 0 bridgehead atoms. The van der Waals surface area contributed by atoms with Crippen LogP contribution in [0.5, 0.6) is 5.88 Å². The second kappa shape index (κ2) is 7.61. The summed E-state index contributed by atoms with van der Waals surface area (Å²) < 4.78 is 5.03. The number of hydrogen-bond donors (Lipinski definition) is 2. The van der Waals surface area contributed by atoms with Crippen LogP contribution in [0.2, 0.25) is 0 Å². The number of ether oxygens (including phenoxy) is 1. The fourth-order valence-corrected chi connectivity index (χ4v) is 1.40. The van der Waals surface area contributed by atoms with Crippen molar-refractivity contribution in [1.82, 2.24) is 15.6 Å². The normalized spacial score (nSPS) is 13.3. The second-order valence-corrected chi connectivity index (χ2v) is 4.81. The highest BCUT2D eigenvalue weighted by atomic mass is 16.5. The van der Waals surface area contributed by atoms with Crippen LogP contribution in [0.3, 0.4) is 0 Å². The summed E-state index contributed by atoms with van der Waals surface area (Å²) >= 11 is 0. The van der Waals surface area contributed by atoms with Crippen LogP contribution in [0.4, 0.5) is 0 Å². The molecule has 1 unspecified atom stereocenters. The molecule has 0 saturated heterocycles. The van der Waals surface area contributed by atoms with Crippen LogP contribution >= 0.6 is 0 Å². The Morgan fingerprint density at radius 3 is 2.58 bits per heavy atom. The van der Waals surface area contributed by atoms with E-state index in [1.165, 1.54) is 0 Å². The molecule has 1 rings (SSSR count). The predicted octanol–water partition coefficient (Wildman–Crippen LogP) is 1.80. The van der Waals surface area contributed by atoms with Gasteiger partial charge in [0.15, 0.2) is 5.96 Å². The monoisotopic (exact) mass is 264 g/mol. The zero-order valence-corrected chi connectivity index (χ0v) is 12.4. The van der Waals surface area contributed by atoms with Gasteiger partial charge in [0.1, 0.15) is 0 Å². The summed E-state index contributed by atoms with van der Waals surface area (Å²) in [6.45, 7) is 7.19. The molecule has 5 heteroatoms. The summed E-state index contributed by atoms with van der Waals surface area (Å²) in [7, 11) is 3.38. The topological polar surface area (TPSA) is 58.5 Å². The van der Waals surface area contributed by atoms with Gasteiger partial charge in [-0.3, -0.25) is 4.99 Å². The minimum absolute atomic E-state index is 0.375. The zero-order chi connectivity index (χ0) is 14.3. The predicted molar refractivity (Wildman–Crippen MR) is 78.4 cm³/mol. The van der Waals surface area contributed by atoms with Gasteiger partial charge in [0.05, 0.1) is 7.11 Å². The number of guanidine groups is 1. The molecule has 5 nitrogen and oxygen atoms in total. The molecule has 1 atom stereocenters. The summed E-state index contributed by atoms with van der Waals surface area (Å²) in [6, 6.07) is 4.21. The maximum Gasteiger partial charge on any atom is 0.212 e. The van der Waals surface area contributed by atoms with E-state index in [4.69, 9.17) is 4.74 Å². The highest BCUT2D eigenvalue weighted by Gasteiger charge is 2.08. The first-order chi connectivity index (χ1) is 9.06. The fourth-order valence-electron chi connectivity index (χ4n) is 1.40. The van der Waals surface area contributed by atoms with Crippen LogP contribution in [0.15, 0.2) is 23.3 Å².